The summed E-state index contributed by atoms with van der Waals surface area (Å²) in [4.78, 5) is 22.2. The molecule has 1 aliphatic rings. The predicted octanol–water partition coefficient (Wildman–Crippen LogP) is 1.70. The lowest BCUT2D eigenvalue weighted by Crippen LogP contribution is -2.20. The molecule has 0 amide bonds. The van der Waals surface area contributed by atoms with Gasteiger partial charge in [-0.25, -0.2) is 0 Å². The smallest absolute Gasteiger partial charge is 0.305 e. The molecule has 74 valence electrons. The molecule has 13 heavy (non-hydrogen) atoms. The maximum atomic E-state index is 11.3. The maximum Gasteiger partial charge on any atom is 0.305 e. The van der Waals surface area contributed by atoms with Gasteiger partial charge in [0, 0.05) is 18.8 Å². The van der Waals surface area contributed by atoms with Crippen molar-refractivity contribution < 1.29 is 14.3 Å². The standard InChI is InChI=1S/C10H16O3/c1-13-10(12)7-6-8-4-2-3-5-9(8)11/h8H,2-7H2,1H3/t8-/m0/s1. The number of Topliss-reactive ketones (excluding diaryl/α,β-unsaturated/α-hetero) is 1. The summed E-state index contributed by atoms with van der Waals surface area (Å²) in [7, 11) is 1.38. The number of ether oxygens (including phenoxy) is 1. The Morgan fingerprint density at radius 3 is 2.92 bits per heavy atom. The number of rotatable bonds is 3. The van der Waals surface area contributed by atoms with Gasteiger partial charge in [-0.3, -0.25) is 9.59 Å². The average molecular weight is 184 g/mol. The van der Waals surface area contributed by atoms with Gasteiger partial charge in [0.25, 0.3) is 0 Å². The molecule has 0 aromatic rings. The second-order valence-electron chi connectivity index (χ2n) is 3.52. The van der Waals surface area contributed by atoms with Crippen LogP contribution in [-0.2, 0) is 14.3 Å². The van der Waals surface area contributed by atoms with Gasteiger partial charge in [-0.05, 0) is 19.3 Å². The van der Waals surface area contributed by atoms with Gasteiger partial charge in [0.2, 0.25) is 0 Å². The van der Waals surface area contributed by atoms with Crippen molar-refractivity contribution in [3.05, 3.63) is 0 Å². The first-order chi connectivity index (χ1) is 6.24. The van der Waals surface area contributed by atoms with Crippen molar-refractivity contribution in [2.45, 2.75) is 38.5 Å². The van der Waals surface area contributed by atoms with Crippen molar-refractivity contribution >= 4 is 11.8 Å². The van der Waals surface area contributed by atoms with Crippen LogP contribution in [0.25, 0.3) is 0 Å². The first-order valence-electron chi connectivity index (χ1n) is 4.83. The van der Waals surface area contributed by atoms with Crippen molar-refractivity contribution in [2.24, 2.45) is 5.92 Å². The summed E-state index contributed by atoms with van der Waals surface area (Å²) in [5.74, 6) is 0.237. The van der Waals surface area contributed by atoms with E-state index in [4.69, 9.17) is 0 Å². The van der Waals surface area contributed by atoms with Crippen molar-refractivity contribution in [3.8, 4) is 0 Å². The van der Waals surface area contributed by atoms with E-state index in [2.05, 4.69) is 4.74 Å². The lowest BCUT2D eigenvalue weighted by Gasteiger charge is -2.19. The molecular weight excluding hydrogens is 168 g/mol. The highest BCUT2D eigenvalue weighted by Crippen LogP contribution is 2.24. The molecule has 0 bridgehead atoms. The number of hydrogen-bond acceptors (Lipinski definition) is 3. The van der Waals surface area contributed by atoms with E-state index in [0.29, 0.717) is 25.0 Å². The zero-order chi connectivity index (χ0) is 9.68. The summed E-state index contributed by atoms with van der Waals surface area (Å²) in [5.41, 5.74) is 0. The van der Waals surface area contributed by atoms with Crippen LogP contribution in [0.15, 0.2) is 0 Å². The monoisotopic (exact) mass is 184 g/mol. The van der Waals surface area contributed by atoms with Gasteiger partial charge in [0.1, 0.15) is 5.78 Å². The summed E-state index contributed by atoms with van der Waals surface area (Å²) < 4.78 is 4.53. The molecule has 3 nitrogen and oxygen atoms in total. The van der Waals surface area contributed by atoms with E-state index in [9.17, 15) is 9.59 Å². The highest BCUT2D eigenvalue weighted by Gasteiger charge is 2.22. The molecule has 0 heterocycles. The van der Waals surface area contributed by atoms with Gasteiger partial charge in [-0.1, -0.05) is 6.42 Å². The molecule has 0 saturated heterocycles. The van der Waals surface area contributed by atoms with Crippen LogP contribution < -0.4 is 0 Å². The number of methoxy groups -OCH3 is 1. The van der Waals surface area contributed by atoms with Gasteiger partial charge in [0.05, 0.1) is 7.11 Å². The molecular formula is C10H16O3. The van der Waals surface area contributed by atoms with Crippen LogP contribution in [0.3, 0.4) is 0 Å². The second kappa shape index (κ2) is 5.00. The molecule has 0 N–H and O–H groups in total. The first-order valence-corrected chi connectivity index (χ1v) is 4.83. The summed E-state index contributed by atoms with van der Waals surface area (Å²) in [6.45, 7) is 0. The van der Waals surface area contributed by atoms with Gasteiger partial charge >= 0.3 is 5.97 Å². The van der Waals surface area contributed by atoms with Crippen LogP contribution >= 0.6 is 0 Å². The molecule has 1 saturated carbocycles. The van der Waals surface area contributed by atoms with Crippen LogP contribution in [0.5, 0.6) is 0 Å². The highest BCUT2D eigenvalue weighted by molar-refractivity contribution is 5.82. The molecule has 1 rings (SSSR count). The van der Waals surface area contributed by atoms with E-state index in [0.717, 1.165) is 19.3 Å². The van der Waals surface area contributed by atoms with Gasteiger partial charge in [-0.15, -0.1) is 0 Å². The maximum absolute atomic E-state index is 11.3. The minimum absolute atomic E-state index is 0.118. The molecule has 1 aliphatic carbocycles. The SMILES string of the molecule is COC(=O)CC[C@@H]1CCCCC1=O. The fraction of sp³-hybridized carbons (Fsp3) is 0.800. The summed E-state index contributed by atoms with van der Waals surface area (Å²) >= 11 is 0. The van der Waals surface area contributed by atoms with Crippen LogP contribution in [0.1, 0.15) is 38.5 Å². The van der Waals surface area contributed by atoms with Crippen molar-refractivity contribution in [3.63, 3.8) is 0 Å². The molecule has 0 aliphatic heterocycles. The Morgan fingerprint density at radius 2 is 2.31 bits per heavy atom. The number of ketones is 1. The zero-order valence-corrected chi connectivity index (χ0v) is 8.04. The fourth-order valence-electron chi connectivity index (χ4n) is 1.75. The largest absolute Gasteiger partial charge is 0.469 e. The third kappa shape index (κ3) is 3.17. The van der Waals surface area contributed by atoms with E-state index < -0.39 is 0 Å². The molecule has 0 aromatic carbocycles. The Morgan fingerprint density at radius 1 is 1.54 bits per heavy atom. The average Bonchev–Trinajstić information content (AvgIpc) is 2.16. The number of esters is 1. The summed E-state index contributed by atoms with van der Waals surface area (Å²) in [5, 5.41) is 0. The molecule has 3 heteroatoms. The normalized spacial score (nSPS) is 22.8. The van der Waals surface area contributed by atoms with E-state index in [1.165, 1.54) is 7.11 Å². The number of carbonyl (C=O) groups excluding carboxylic acids is 2. The van der Waals surface area contributed by atoms with E-state index >= 15 is 0 Å². The third-order valence-electron chi connectivity index (χ3n) is 2.61. The topological polar surface area (TPSA) is 43.4 Å². The van der Waals surface area contributed by atoms with Gasteiger partial charge < -0.3 is 4.74 Å². The molecule has 1 fully saturated rings. The highest BCUT2D eigenvalue weighted by atomic mass is 16.5. The lowest BCUT2D eigenvalue weighted by atomic mass is 9.85. The number of carbonyl (C=O) groups is 2. The Bertz CT molecular complexity index is 198. The molecule has 0 aromatic heterocycles. The Kier molecular flexibility index (Phi) is 3.93. The fourth-order valence-corrected chi connectivity index (χ4v) is 1.75. The zero-order valence-electron chi connectivity index (χ0n) is 8.04. The molecule has 1 atom stereocenters. The first kappa shape index (κ1) is 10.2. The summed E-state index contributed by atoms with van der Waals surface area (Å²) in [6, 6.07) is 0. The quantitative estimate of drug-likeness (QED) is 0.627. The summed E-state index contributed by atoms with van der Waals surface area (Å²) in [6.07, 6.45) is 4.85. The Balaban J connectivity index is 2.26. The Labute approximate surface area is 78.5 Å². The van der Waals surface area contributed by atoms with Crippen LogP contribution in [0.4, 0.5) is 0 Å². The van der Waals surface area contributed by atoms with Gasteiger partial charge in [-0.2, -0.15) is 0 Å². The number of hydrogen-bond donors (Lipinski definition) is 0. The lowest BCUT2D eigenvalue weighted by molar-refractivity contribution is -0.141. The van der Waals surface area contributed by atoms with Gasteiger partial charge in [0.15, 0.2) is 0 Å². The van der Waals surface area contributed by atoms with E-state index in [1.54, 1.807) is 0 Å². The van der Waals surface area contributed by atoms with E-state index in [1.807, 2.05) is 0 Å². The molecule has 0 spiro atoms. The van der Waals surface area contributed by atoms with Crippen LogP contribution in [-0.4, -0.2) is 18.9 Å². The van der Waals surface area contributed by atoms with Crippen LogP contribution in [0, 0.1) is 5.92 Å². The minimum Gasteiger partial charge on any atom is -0.469 e. The molecule has 0 unspecified atom stereocenters. The van der Waals surface area contributed by atoms with Crippen molar-refractivity contribution in [2.75, 3.05) is 7.11 Å². The van der Waals surface area contributed by atoms with Crippen molar-refractivity contribution in [1.82, 2.24) is 0 Å². The second-order valence-corrected chi connectivity index (χ2v) is 3.52. The van der Waals surface area contributed by atoms with E-state index in [-0.39, 0.29) is 11.9 Å². The third-order valence-corrected chi connectivity index (χ3v) is 2.61. The minimum atomic E-state index is -0.210. The predicted molar refractivity (Wildman–Crippen MR) is 48.2 cm³/mol. The van der Waals surface area contributed by atoms with Crippen LogP contribution in [0.2, 0.25) is 0 Å². The Hall–Kier alpha value is -0.860. The van der Waals surface area contributed by atoms with Crippen molar-refractivity contribution in [1.29, 1.82) is 0 Å². The molecule has 0 radical (unpaired) electrons.